The highest BCUT2D eigenvalue weighted by atomic mass is 79.9. The minimum Gasteiger partial charge on any atom is -0.326 e. The smallest absolute Gasteiger partial charge is 0.271 e. The van der Waals surface area contributed by atoms with Crippen molar-refractivity contribution in [3.8, 4) is 0 Å². The second-order valence-electron chi connectivity index (χ2n) is 4.82. The van der Waals surface area contributed by atoms with Gasteiger partial charge in [0, 0.05) is 10.7 Å². The molecule has 7 nitrogen and oxygen atoms in total. The van der Waals surface area contributed by atoms with Crippen molar-refractivity contribution in [2.45, 2.75) is 17.9 Å². The van der Waals surface area contributed by atoms with Gasteiger partial charge >= 0.3 is 0 Å². The Morgan fingerprint density at radius 1 is 1.33 bits per heavy atom. The number of hydrogen-bond donors (Lipinski definition) is 3. The van der Waals surface area contributed by atoms with Crippen LogP contribution in [0.5, 0.6) is 0 Å². The molecule has 0 saturated heterocycles. The van der Waals surface area contributed by atoms with Gasteiger partial charge in [-0.05, 0) is 41.1 Å². The molecular weight excluding hydrogens is 405 g/mol. The summed E-state index contributed by atoms with van der Waals surface area (Å²) in [6, 6.07) is 4.94. The average Bonchev–Trinajstić information content (AvgIpc) is 2.50. The van der Waals surface area contributed by atoms with Gasteiger partial charge in [-0.25, -0.2) is 12.8 Å². The molecule has 0 aliphatic heterocycles. The second kappa shape index (κ2) is 7.24. The van der Waals surface area contributed by atoms with Crippen LogP contribution >= 0.6 is 15.9 Å². The molecule has 0 spiro atoms. The van der Waals surface area contributed by atoms with Crippen LogP contribution in [-0.2, 0) is 14.8 Å². The lowest BCUT2D eigenvalue weighted by atomic mass is 10.3. The van der Waals surface area contributed by atoms with Crippen molar-refractivity contribution in [2.75, 3.05) is 5.32 Å². The predicted octanol–water partition coefficient (Wildman–Crippen LogP) is 1.58. The highest BCUT2D eigenvalue weighted by Crippen LogP contribution is 2.14. The zero-order valence-corrected chi connectivity index (χ0v) is 14.7. The molecule has 1 aromatic heterocycles. The van der Waals surface area contributed by atoms with Crippen molar-refractivity contribution in [3.63, 3.8) is 0 Å². The Kier molecular flexibility index (Phi) is 5.52. The summed E-state index contributed by atoms with van der Waals surface area (Å²) in [5.74, 6) is -1.69. The summed E-state index contributed by atoms with van der Waals surface area (Å²) in [5, 5.41) is 2.31. The third kappa shape index (κ3) is 4.28. The van der Waals surface area contributed by atoms with E-state index in [9.17, 15) is 22.4 Å². The first-order chi connectivity index (χ1) is 11.2. The first kappa shape index (κ1) is 18.3. The van der Waals surface area contributed by atoms with Crippen LogP contribution < -0.4 is 15.6 Å². The number of aromatic amines is 1. The van der Waals surface area contributed by atoms with Crippen molar-refractivity contribution < 1.29 is 17.6 Å². The molecule has 0 aliphatic rings. The molecule has 128 valence electrons. The number of pyridine rings is 1. The lowest BCUT2D eigenvalue weighted by Crippen LogP contribution is -2.42. The van der Waals surface area contributed by atoms with Gasteiger partial charge in [0.05, 0.1) is 6.04 Å². The van der Waals surface area contributed by atoms with Gasteiger partial charge in [0.2, 0.25) is 15.9 Å². The molecule has 2 aromatic rings. The van der Waals surface area contributed by atoms with Crippen LogP contribution in [0.25, 0.3) is 0 Å². The predicted molar refractivity (Wildman–Crippen MR) is 89.6 cm³/mol. The van der Waals surface area contributed by atoms with E-state index in [-0.39, 0.29) is 5.69 Å². The van der Waals surface area contributed by atoms with E-state index in [1.165, 1.54) is 31.3 Å². The zero-order chi connectivity index (χ0) is 17.9. The molecule has 10 heteroatoms. The van der Waals surface area contributed by atoms with E-state index in [4.69, 9.17) is 0 Å². The molecule has 2 rings (SSSR count). The lowest BCUT2D eigenvalue weighted by molar-refractivity contribution is -0.117. The lowest BCUT2D eigenvalue weighted by Gasteiger charge is -2.14. The fourth-order valence-corrected chi connectivity index (χ4v) is 3.43. The van der Waals surface area contributed by atoms with E-state index >= 15 is 0 Å². The highest BCUT2D eigenvalue weighted by Gasteiger charge is 2.24. The summed E-state index contributed by atoms with van der Waals surface area (Å²) in [4.78, 5) is 25.5. The Hall–Kier alpha value is -2.04. The van der Waals surface area contributed by atoms with Gasteiger partial charge in [0.25, 0.3) is 5.56 Å². The largest absolute Gasteiger partial charge is 0.326 e. The first-order valence-electron chi connectivity index (χ1n) is 6.66. The molecule has 1 heterocycles. The number of amides is 1. The molecule has 0 fully saturated rings. The van der Waals surface area contributed by atoms with Crippen LogP contribution in [0, 0.1) is 5.82 Å². The van der Waals surface area contributed by atoms with Gasteiger partial charge in [0.1, 0.15) is 16.4 Å². The van der Waals surface area contributed by atoms with Gasteiger partial charge in [-0.3, -0.25) is 9.59 Å². The number of carbonyl (C=O) groups is 1. The van der Waals surface area contributed by atoms with Crippen LogP contribution in [0.3, 0.4) is 0 Å². The standard InChI is InChI=1S/C14H13BrFN3O4S/c1-8(13(20)18-11-6-9(15)7-17-14(11)21)19-24(22,23)12-5-3-2-4-10(12)16/h2-8,19H,1H3,(H,17,21)(H,18,20)/t8-/m0/s1. The number of hydrogen-bond acceptors (Lipinski definition) is 4. The molecule has 0 unspecified atom stereocenters. The topological polar surface area (TPSA) is 108 Å². The SMILES string of the molecule is C[C@H](NS(=O)(=O)c1ccccc1F)C(=O)Nc1cc(Br)c[nH]c1=O. The highest BCUT2D eigenvalue weighted by molar-refractivity contribution is 9.10. The summed E-state index contributed by atoms with van der Waals surface area (Å²) < 4.78 is 40.5. The van der Waals surface area contributed by atoms with Crippen molar-refractivity contribution >= 4 is 37.5 Å². The molecule has 1 atom stereocenters. The number of nitrogens with one attached hydrogen (secondary N) is 3. The van der Waals surface area contributed by atoms with E-state index in [1.54, 1.807) is 0 Å². The van der Waals surface area contributed by atoms with Crippen LogP contribution in [0.1, 0.15) is 6.92 Å². The monoisotopic (exact) mass is 417 g/mol. The minimum atomic E-state index is -4.23. The maximum atomic E-state index is 13.6. The van der Waals surface area contributed by atoms with Crippen molar-refractivity contribution in [1.82, 2.24) is 9.71 Å². The summed E-state index contributed by atoms with van der Waals surface area (Å²) in [5.41, 5.74) is -0.595. The Morgan fingerprint density at radius 3 is 2.67 bits per heavy atom. The van der Waals surface area contributed by atoms with Gasteiger partial charge in [-0.15, -0.1) is 0 Å². The Balaban J connectivity index is 2.16. The quantitative estimate of drug-likeness (QED) is 0.685. The number of rotatable bonds is 5. The van der Waals surface area contributed by atoms with Crippen LogP contribution in [0.15, 0.2) is 50.7 Å². The molecule has 0 bridgehead atoms. The van der Waals surface area contributed by atoms with Gasteiger partial charge in [-0.2, -0.15) is 4.72 Å². The van der Waals surface area contributed by atoms with Crippen molar-refractivity contribution in [2.24, 2.45) is 0 Å². The molecule has 0 radical (unpaired) electrons. The molecular formula is C14H13BrFN3O4S. The van der Waals surface area contributed by atoms with E-state index < -0.39 is 38.2 Å². The number of carbonyl (C=O) groups excluding carboxylic acids is 1. The second-order valence-corrected chi connectivity index (χ2v) is 7.42. The van der Waals surface area contributed by atoms with E-state index in [0.29, 0.717) is 4.47 Å². The number of H-pyrrole nitrogens is 1. The first-order valence-corrected chi connectivity index (χ1v) is 8.94. The van der Waals surface area contributed by atoms with Gasteiger partial charge < -0.3 is 10.3 Å². The molecule has 1 amide bonds. The van der Waals surface area contributed by atoms with Crippen molar-refractivity contribution in [3.05, 3.63) is 57.2 Å². The Bertz CT molecular complexity index is 930. The van der Waals surface area contributed by atoms with Crippen LogP contribution in [0.4, 0.5) is 10.1 Å². The summed E-state index contributed by atoms with van der Waals surface area (Å²) >= 11 is 3.14. The number of anilines is 1. The van der Waals surface area contributed by atoms with Crippen LogP contribution in [-0.4, -0.2) is 25.4 Å². The summed E-state index contributed by atoms with van der Waals surface area (Å²) in [6.07, 6.45) is 1.39. The summed E-state index contributed by atoms with van der Waals surface area (Å²) in [7, 11) is -4.23. The molecule has 24 heavy (non-hydrogen) atoms. The van der Waals surface area contributed by atoms with E-state index in [2.05, 4.69) is 31.0 Å². The maximum Gasteiger partial charge on any atom is 0.271 e. The maximum absolute atomic E-state index is 13.6. The Labute approximate surface area is 145 Å². The van der Waals surface area contributed by atoms with E-state index in [0.717, 1.165) is 12.1 Å². The molecule has 0 aliphatic carbocycles. The number of aromatic nitrogens is 1. The molecule has 1 aromatic carbocycles. The van der Waals surface area contributed by atoms with Gasteiger partial charge in [-0.1, -0.05) is 12.1 Å². The third-order valence-corrected chi connectivity index (χ3v) is 5.01. The Morgan fingerprint density at radius 2 is 2.00 bits per heavy atom. The van der Waals surface area contributed by atoms with Crippen molar-refractivity contribution in [1.29, 1.82) is 0 Å². The normalized spacial score (nSPS) is 12.6. The number of sulfonamides is 1. The molecule has 3 N–H and O–H groups in total. The number of halogens is 2. The minimum absolute atomic E-state index is 0.0497. The van der Waals surface area contributed by atoms with Gasteiger partial charge in [0.15, 0.2) is 0 Å². The molecule has 0 saturated carbocycles. The fourth-order valence-electron chi connectivity index (χ4n) is 1.80. The average molecular weight is 418 g/mol. The van der Waals surface area contributed by atoms with Crippen LogP contribution in [0.2, 0.25) is 0 Å². The third-order valence-electron chi connectivity index (χ3n) is 2.98. The number of benzene rings is 1. The zero-order valence-electron chi connectivity index (χ0n) is 12.3. The van der Waals surface area contributed by atoms with E-state index in [1.807, 2.05) is 0 Å². The fraction of sp³-hybridized carbons (Fsp3) is 0.143. The summed E-state index contributed by atoms with van der Waals surface area (Å²) in [6.45, 7) is 1.28.